The first-order valence-electron chi connectivity index (χ1n) is 4.82. The molecule has 1 aromatic carbocycles. The number of fused-ring (bicyclic) bond motifs is 1. The minimum atomic E-state index is 0.562. The van der Waals surface area contributed by atoms with E-state index in [-0.39, 0.29) is 0 Å². The number of hydrogen-bond donors (Lipinski definition) is 0. The van der Waals surface area contributed by atoms with Crippen LogP contribution in [0.15, 0.2) is 51.5 Å². The van der Waals surface area contributed by atoms with E-state index in [2.05, 4.69) is 37.5 Å². The van der Waals surface area contributed by atoms with E-state index in [4.69, 9.17) is 4.42 Å². The lowest BCUT2D eigenvalue weighted by atomic mass is 10.3. The molecule has 0 radical (unpaired) electrons. The molecular weight excluding hydrogens is 349 g/mol. The van der Waals surface area contributed by atoms with Crippen molar-refractivity contribution in [3.63, 3.8) is 0 Å². The van der Waals surface area contributed by atoms with Crippen LogP contribution in [0.1, 0.15) is 0 Å². The predicted molar refractivity (Wildman–Crippen MR) is 72.9 cm³/mol. The normalized spacial score (nSPS) is 10.9. The summed E-state index contributed by atoms with van der Waals surface area (Å²) in [6, 6.07) is 7.66. The molecule has 2 heterocycles. The van der Waals surface area contributed by atoms with Gasteiger partial charge in [-0.3, -0.25) is 0 Å². The number of hydrogen-bond acceptors (Lipinski definition) is 5. The summed E-state index contributed by atoms with van der Waals surface area (Å²) in [6.45, 7) is 0. The van der Waals surface area contributed by atoms with Gasteiger partial charge < -0.3 is 4.42 Å². The monoisotopic (exact) mass is 355 g/mol. The standard InChI is InChI=1S/C11H6IN3OS/c12-7-5-13-10(14-6-7)17-11-15-8-3-1-2-4-9(8)16-11/h1-6H. The minimum Gasteiger partial charge on any atom is -0.431 e. The van der Waals surface area contributed by atoms with Gasteiger partial charge in [0.1, 0.15) is 5.52 Å². The van der Waals surface area contributed by atoms with Gasteiger partial charge in [0.15, 0.2) is 10.7 Å². The van der Waals surface area contributed by atoms with Gasteiger partial charge >= 0.3 is 0 Å². The molecule has 0 saturated carbocycles. The smallest absolute Gasteiger partial charge is 0.264 e. The minimum absolute atomic E-state index is 0.562. The fraction of sp³-hybridized carbons (Fsp3) is 0. The molecular formula is C11H6IN3OS. The van der Waals surface area contributed by atoms with Crippen LogP contribution in [-0.4, -0.2) is 15.0 Å². The number of nitrogens with zero attached hydrogens (tertiary/aromatic N) is 3. The summed E-state index contributed by atoms with van der Waals surface area (Å²) < 4.78 is 6.58. The molecule has 17 heavy (non-hydrogen) atoms. The number of para-hydroxylation sites is 2. The Hall–Kier alpha value is -1.15. The molecule has 0 fully saturated rings. The first-order chi connectivity index (χ1) is 8.31. The highest BCUT2D eigenvalue weighted by Gasteiger charge is 2.08. The van der Waals surface area contributed by atoms with Crippen LogP contribution in [0.2, 0.25) is 0 Å². The Morgan fingerprint density at radius 1 is 1.12 bits per heavy atom. The molecule has 0 spiro atoms. The second-order valence-corrected chi connectivity index (χ2v) is 5.40. The fourth-order valence-electron chi connectivity index (χ4n) is 1.33. The van der Waals surface area contributed by atoms with E-state index in [0.29, 0.717) is 10.4 Å². The van der Waals surface area contributed by atoms with Crippen molar-refractivity contribution in [3.05, 3.63) is 40.2 Å². The van der Waals surface area contributed by atoms with Crippen molar-refractivity contribution >= 4 is 45.5 Å². The first-order valence-corrected chi connectivity index (χ1v) is 6.72. The molecule has 3 rings (SSSR count). The molecule has 0 aliphatic carbocycles. The van der Waals surface area contributed by atoms with Crippen molar-refractivity contribution in [2.24, 2.45) is 0 Å². The number of aromatic nitrogens is 3. The van der Waals surface area contributed by atoms with Crippen molar-refractivity contribution in [1.82, 2.24) is 15.0 Å². The lowest BCUT2D eigenvalue weighted by Crippen LogP contribution is -1.85. The van der Waals surface area contributed by atoms with E-state index in [0.717, 1.165) is 14.7 Å². The van der Waals surface area contributed by atoms with Gasteiger partial charge in [0.05, 0.1) is 0 Å². The quantitative estimate of drug-likeness (QED) is 0.521. The Morgan fingerprint density at radius 3 is 2.65 bits per heavy atom. The average Bonchev–Trinajstić information content (AvgIpc) is 2.74. The molecule has 84 valence electrons. The molecule has 0 aliphatic heterocycles. The second-order valence-electron chi connectivity index (χ2n) is 3.23. The van der Waals surface area contributed by atoms with E-state index in [1.54, 1.807) is 12.4 Å². The fourth-order valence-corrected chi connectivity index (χ4v) is 2.25. The van der Waals surface area contributed by atoms with Crippen LogP contribution in [0, 0.1) is 3.57 Å². The molecule has 6 heteroatoms. The SMILES string of the molecule is Ic1cnc(Sc2nc3ccccc3o2)nc1. The van der Waals surface area contributed by atoms with Crippen molar-refractivity contribution in [2.75, 3.05) is 0 Å². The molecule has 3 aromatic rings. The van der Waals surface area contributed by atoms with Crippen LogP contribution < -0.4 is 0 Å². The van der Waals surface area contributed by atoms with Crippen molar-refractivity contribution in [3.8, 4) is 0 Å². The summed E-state index contributed by atoms with van der Waals surface area (Å²) in [5, 5.41) is 1.20. The highest BCUT2D eigenvalue weighted by atomic mass is 127. The van der Waals surface area contributed by atoms with E-state index < -0.39 is 0 Å². The van der Waals surface area contributed by atoms with Crippen LogP contribution in [-0.2, 0) is 0 Å². The molecule has 0 amide bonds. The van der Waals surface area contributed by atoms with Crippen LogP contribution in [0.3, 0.4) is 0 Å². The maximum absolute atomic E-state index is 5.57. The van der Waals surface area contributed by atoms with Gasteiger partial charge in [0.2, 0.25) is 0 Å². The van der Waals surface area contributed by atoms with Gasteiger partial charge in [0, 0.05) is 27.7 Å². The van der Waals surface area contributed by atoms with Crippen LogP contribution in [0.5, 0.6) is 0 Å². The molecule has 0 bridgehead atoms. The number of oxazole rings is 1. The van der Waals surface area contributed by atoms with Gasteiger partial charge in [-0.2, -0.15) is 0 Å². The molecule has 4 nitrogen and oxygen atoms in total. The molecule has 2 aromatic heterocycles. The second kappa shape index (κ2) is 4.61. The largest absolute Gasteiger partial charge is 0.431 e. The maximum atomic E-state index is 5.57. The molecule has 0 unspecified atom stereocenters. The highest BCUT2D eigenvalue weighted by molar-refractivity contribution is 14.1. The van der Waals surface area contributed by atoms with Gasteiger partial charge in [-0.15, -0.1) is 0 Å². The zero-order valence-corrected chi connectivity index (χ0v) is 11.5. The van der Waals surface area contributed by atoms with Crippen LogP contribution in [0.4, 0.5) is 0 Å². The Morgan fingerprint density at radius 2 is 1.88 bits per heavy atom. The molecule has 0 atom stereocenters. The first kappa shape index (κ1) is 11.0. The van der Waals surface area contributed by atoms with E-state index in [1.807, 2.05) is 24.3 Å². The predicted octanol–water partition coefficient (Wildman–Crippen LogP) is 3.37. The van der Waals surface area contributed by atoms with Gasteiger partial charge in [-0.1, -0.05) is 12.1 Å². The zero-order chi connectivity index (χ0) is 11.7. The Kier molecular flexibility index (Phi) is 2.98. The molecule has 0 aliphatic rings. The molecule has 0 saturated heterocycles. The zero-order valence-electron chi connectivity index (χ0n) is 8.50. The van der Waals surface area contributed by atoms with Gasteiger partial charge in [-0.05, 0) is 34.7 Å². The summed E-state index contributed by atoms with van der Waals surface area (Å²) >= 11 is 3.48. The van der Waals surface area contributed by atoms with Crippen molar-refractivity contribution in [1.29, 1.82) is 0 Å². The van der Waals surface area contributed by atoms with Gasteiger partial charge in [-0.25, -0.2) is 15.0 Å². The number of rotatable bonds is 2. The number of benzene rings is 1. The van der Waals surface area contributed by atoms with Crippen LogP contribution >= 0.6 is 34.4 Å². The van der Waals surface area contributed by atoms with E-state index >= 15 is 0 Å². The third kappa shape index (κ3) is 2.42. The Balaban J connectivity index is 1.92. The van der Waals surface area contributed by atoms with Crippen molar-refractivity contribution < 1.29 is 4.42 Å². The Labute approximate surface area is 115 Å². The van der Waals surface area contributed by atoms with Gasteiger partial charge in [0.25, 0.3) is 5.22 Å². The third-order valence-corrected chi connectivity index (χ3v) is 3.35. The lowest BCUT2D eigenvalue weighted by Gasteiger charge is -1.93. The summed E-state index contributed by atoms with van der Waals surface area (Å²) in [7, 11) is 0. The Bertz CT molecular complexity index is 620. The summed E-state index contributed by atoms with van der Waals surface area (Å²) in [6.07, 6.45) is 3.52. The van der Waals surface area contributed by atoms with E-state index in [9.17, 15) is 0 Å². The van der Waals surface area contributed by atoms with E-state index in [1.165, 1.54) is 11.8 Å². The summed E-state index contributed by atoms with van der Waals surface area (Å²) in [4.78, 5) is 12.7. The highest BCUT2D eigenvalue weighted by Crippen LogP contribution is 2.27. The average molecular weight is 355 g/mol. The van der Waals surface area contributed by atoms with Crippen molar-refractivity contribution in [2.45, 2.75) is 10.4 Å². The maximum Gasteiger partial charge on any atom is 0.264 e. The summed E-state index contributed by atoms with van der Waals surface area (Å²) in [5.74, 6) is 0. The summed E-state index contributed by atoms with van der Waals surface area (Å²) in [5.41, 5.74) is 1.63. The van der Waals surface area contributed by atoms with Crippen LogP contribution in [0.25, 0.3) is 11.1 Å². The number of halogens is 1. The lowest BCUT2D eigenvalue weighted by molar-refractivity contribution is 0.488. The third-order valence-electron chi connectivity index (χ3n) is 2.05. The topological polar surface area (TPSA) is 51.8 Å². The molecule has 0 N–H and O–H groups in total.